The molecule has 9 heavy (non-hydrogen) atoms. The fourth-order valence-corrected chi connectivity index (χ4v) is 0.936. The summed E-state index contributed by atoms with van der Waals surface area (Å²) in [6.45, 7) is -0.0356. The molecule has 1 heterocycles. The summed E-state index contributed by atoms with van der Waals surface area (Å²) < 4.78 is 48.3. The van der Waals surface area contributed by atoms with E-state index in [0.29, 0.717) is 0 Å². The van der Waals surface area contributed by atoms with E-state index < -0.39 is 21.7 Å². The van der Waals surface area contributed by atoms with E-state index >= 15 is 0 Å². The summed E-state index contributed by atoms with van der Waals surface area (Å²) in [5.41, 5.74) is -5.70. The van der Waals surface area contributed by atoms with Crippen LogP contribution >= 0.6 is 0 Å². The predicted molar refractivity (Wildman–Crippen MR) is 23.9 cm³/mol. The molecule has 0 radical (unpaired) electrons. The van der Waals surface area contributed by atoms with Crippen molar-refractivity contribution in [3.63, 3.8) is 0 Å². The van der Waals surface area contributed by atoms with Crippen molar-refractivity contribution in [1.29, 1.82) is 0 Å². The van der Waals surface area contributed by atoms with Crippen molar-refractivity contribution in [2.45, 2.75) is 10.9 Å². The molecule has 0 N–H and O–H groups in total. The van der Waals surface area contributed by atoms with Crippen LogP contribution in [0.2, 0.25) is 0 Å². The summed E-state index contributed by atoms with van der Waals surface area (Å²) in [4.78, 5) is 0. The van der Waals surface area contributed by atoms with E-state index in [-0.39, 0.29) is 6.61 Å². The Bertz CT molecular complexity index is 138. The van der Waals surface area contributed by atoms with E-state index in [0.717, 1.165) is 0 Å². The number of epoxide rings is 1. The standard InChI is InChI=1S/C3H3F3O2S/c4-3(5,6)9(7)2-1-8-2/h2H,1H2/t2?,9-/m1/s1. The van der Waals surface area contributed by atoms with Gasteiger partial charge in [-0.2, -0.15) is 13.2 Å². The third-order valence-corrected chi connectivity index (χ3v) is 1.98. The molecule has 2 nitrogen and oxygen atoms in total. The molecule has 0 spiro atoms. The Hall–Kier alpha value is -0.100. The molecule has 0 aromatic heterocycles. The third-order valence-electron chi connectivity index (χ3n) is 0.770. The van der Waals surface area contributed by atoms with Crippen LogP contribution in [0.5, 0.6) is 0 Å². The molecule has 1 unspecified atom stereocenters. The van der Waals surface area contributed by atoms with Crippen molar-refractivity contribution in [3.05, 3.63) is 0 Å². The molecule has 0 amide bonds. The maximum atomic E-state index is 11.4. The highest BCUT2D eigenvalue weighted by molar-refractivity contribution is 7.86. The molecule has 1 aliphatic heterocycles. The monoisotopic (exact) mass is 160 g/mol. The molecule has 0 aromatic rings. The lowest BCUT2D eigenvalue weighted by Crippen LogP contribution is -2.20. The van der Waals surface area contributed by atoms with E-state index in [1.807, 2.05) is 0 Å². The van der Waals surface area contributed by atoms with Crippen LogP contribution in [0.15, 0.2) is 0 Å². The molecule has 54 valence electrons. The number of halogens is 3. The smallest absolute Gasteiger partial charge is 0.358 e. The minimum Gasteiger partial charge on any atom is -0.358 e. The maximum absolute atomic E-state index is 11.4. The van der Waals surface area contributed by atoms with Crippen LogP contribution < -0.4 is 0 Å². The van der Waals surface area contributed by atoms with Crippen LogP contribution in [0.1, 0.15) is 0 Å². The summed E-state index contributed by atoms with van der Waals surface area (Å²) in [5.74, 6) is 0. The first-order valence-corrected chi connectivity index (χ1v) is 3.32. The molecule has 1 aliphatic rings. The molecule has 6 heteroatoms. The summed E-state index contributed by atoms with van der Waals surface area (Å²) in [6, 6.07) is 0. The van der Waals surface area contributed by atoms with Gasteiger partial charge in [0.2, 0.25) is 0 Å². The average Bonchev–Trinajstić information content (AvgIpc) is 2.40. The Balaban J connectivity index is 2.50. The van der Waals surface area contributed by atoms with E-state index in [1.165, 1.54) is 0 Å². The van der Waals surface area contributed by atoms with Crippen LogP contribution in [-0.2, 0) is 15.5 Å². The first-order chi connectivity index (χ1) is 4.02. The van der Waals surface area contributed by atoms with Gasteiger partial charge in [-0.15, -0.1) is 0 Å². The minimum atomic E-state index is -4.61. The van der Waals surface area contributed by atoms with Crippen LogP contribution in [0.4, 0.5) is 13.2 Å². The van der Waals surface area contributed by atoms with Gasteiger partial charge in [0.05, 0.1) is 6.61 Å². The Labute approximate surface area is 51.4 Å². The normalized spacial score (nSPS) is 29.9. The van der Waals surface area contributed by atoms with Gasteiger partial charge in [0, 0.05) is 0 Å². The third kappa shape index (κ3) is 1.65. The quantitative estimate of drug-likeness (QED) is 0.526. The molecule has 2 atom stereocenters. The lowest BCUT2D eigenvalue weighted by molar-refractivity contribution is -0.0391. The van der Waals surface area contributed by atoms with Gasteiger partial charge < -0.3 is 4.74 Å². The highest BCUT2D eigenvalue weighted by Crippen LogP contribution is 2.28. The SMILES string of the molecule is O=[S@](C1CO1)C(F)(F)F. The zero-order valence-corrected chi connectivity index (χ0v) is 4.96. The van der Waals surface area contributed by atoms with Gasteiger partial charge in [0.15, 0.2) is 16.2 Å². The second-order valence-corrected chi connectivity index (χ2v) is 3.09. The summed E-state index contributed by atoms with van der Waals surface area (Å²) in [7, 11) is -2.80. The van der Waals surface area contributed by atoms with Gasteiger partial charge in [-0.1, -0.05) is 0 Å². The van der Waals surface area contributed by atoms with Crippen molar-refractivity contribution in [1.82, 2.24) is 0 Å². The van der Waals surface area contributed by atoms with Crippen LogP contribution in [0.3, 0.4) is 0 Å². The molecule has 1 rings (SSSR count). The van der Waals surface area contributed by atoms with Gasteiger partial charge in [-0.3, -0.25) is 0 Å². The number of rotatable bonds is 1. The summed E-state index contributed by atoms with van der Waals surface area (Å²) >= 11 is 0. The van der Waals surface area contributed by atoms with Gasteiger partial charge in [-0.05, 0) is 0 Å². The largest absolute Gasteiger partial charge is 0.473 e. The van der Waals surface area contributed by atoms with E-state index in [2.05, 4.69) is 4.74 Å². The molecule has 0 aromatic carbocycles. The minimum absolute atomic E-state index is 0.0356. The number of alkyl halides is 3. The molecular formula is C3H3F3O2S. The molecule has 1 fully saturated rings. The maximum Gasteiger partial charge on any atom is 0.473 e. The summed E-state index contributed by atoms with van der Waals surface area (Å²) in [5, 5.41) is 0. The molecule has 0 bridgehead atoms. The highest BCUT2D eigenvalue weighted by Gasteiger charge is 2.47. The van der Waals surface area contributed by atoms with E-state index in [1.54, 1.807) is 0 Å². The Morgan fingerprint density at radius 2 is 2.00 bits per heavy atom. The van der Waals surface area contributed by atoms with Gasteiger partial charge in [-0.25, -0.2) is 4.21 Å². The van der Waals surface area contributed by atoms with Crippen molar-refractivity contribution in [3.8, 4) is 0 Å². The fraction of sp³-hybridized carbons (Fsp3) is 1.00. The first-order valence-electron chi connectivity index (χ1n) is 2.11. The molecule has 0 saturated carbocycles. The Morgan fingerprint density at radius 3 is 2.11 bits per heavy atom. The van der Waals surface area contributed by atoms with Crippen LogP contribution in [0, 0.1) is 0 Å². The van der Waals surface area contributed by atoms with E-state index in [9.17, 15) is 17.4 Å². The first kappa shape index (κ1) is 7.01. The molecule has 1 saturated heterocycles. The Morgan fingerprint density at radius 1 is 1.56 bits per heavy atom. The molecule has 0 aliphatic carbocycles. The topological polar surface area (TPSA) is 29.6 Å². The lowest BCUT2D eigenvalue weighted by Gasteiger charge is -2.00. The highest BCUT2D eigenvalue weighted by atomic mass is 32.2. The number of ether oxygens (including phenoxy) is 1. The van der Waals surface area contributed by atoms with E-state index in [4.69, 9.17) is 0 Å². The van der Waals surface area contributed by atoms with Gasteiger partial charge in [0.25, 0.3) is 0 Å². The zero-order valence-electron chi connectivity index (χ0n) is 4.14. The lowest BCUT2D eigenvalue weighted by atomic mass is 11.0. The van der Waals surface area contributed by atoms with Crippen molar-refractivity contribution < 1.29 is 22.1 Å². The van der Waals surface area contributed by atoms with Crippen LogP contribution in [-0.4, -0.2) is 21.8 Å². The summed E-state index contributed by atoms with van der Waals surface area (Å²) in [6.07, 6.45) is 0. The number of hydrogen-bond acceptors (Lipinski definition) is 2. The number of hydrogen-bond donors (Lipinski definition) is 0. The van der Waals surface area contributed by atoms with Crippen molar-refractivity contribution >= 4 is 10.8 Å². The second-order valence-electron chi connectivity index (χ2n) is 1.51. The van der Waals surface area contributed by atoms with Crippen LogP contribution in [0.25, 0.3) is 0 Å². The fourth-order valence-electron chi connectivity index (χ4n) is 0.312. The van der Waals surface area contributed by atoms with Gasteiger partial charge in [0.1, 0.15) is 0 Å². The van der Waals surface area contributed by atoms with Crippen molar-refractivity contribution in [2.75, 3.05) is 6.61 Å². The van der Waals surface area contributed by atoms with Gasteiger partial charge >= 0.3 is 5.51 Å². The average molecular weight is 160 g/mol. The van der Waals surface area contributed by atoms with Crippen molar-refractivity contribution in [2.24, 2.45) is 0 Å². The zero-order chi connectivity index (χ0) is 7.07. The second kappa shape index (κ2) is 1.95. The Kier molecular flexibility index (Phi) is 1.52. The molecular weight excluding hydrogens is 157 g/mol. The predicted octanol–water partition coefficient (Wildman–Crippen LogP) is 0.611.